The molecule has 0 saturated heterocycles. The molecule has 0 aliphatic heterocycles. The maximum absolute atomic E-state index is 14.5. The summed E-state index contributed by atoms with van der Waals surface area (Å²) in [5.74, 6) is -0.174. The van der Waals surface area contributed by atoms with Crippen molar-refractivity contribution in [3.05, 3.63) is 109 Å². The number of ether oxygens (including phenoxy) is 1. The van der Waals surface area contributed by atoms with Crippen LogP contribution in [-0.4, -0.2) is 12.6 Å². The summed E-state index contributed by atoms with van der Waals surface area (Å²) in [6.45, 7) is 5.98. The van der Waals surface area contributed by atoms with Crippen LogP contribution in [0.4, 0.5) is 0 Å². The fourth-order valence-corrected chi connectivity index (χ4v) is 6.15. The molecule has 35 heavy (non-hydrogen) atoms. The van der Waals surface area contributed by atoms with Crippen molar-refractivity contribution in [1.82, 2.24) is 5.09 Å². The van der Waals surface area contributed by atoms with Gasteiger partial charge in [0.2, 0.25) is 7.29 Å². The zero-order valence-corrected chi connectivity index (χ0v) is 21.8. The molecular weight excluding hydrogens is 453 g/mol. The molecule has 0 fully saturated rings. The zero-order valence-electron chi connectivity index (χ0n) is 20.9. The number of carbonyl (C=O) groups is 1. The number of unbranched alkanes of at least 4 members (excludes halogenated alkanes) is 1. The molecule has 4 nitrogen and oxygen atoms in total. The maximum atomic E-state index is 14.5. The van der Waals surface area contributed by atoms with Crippen molar-refractivity contribution in [1.29, 1.82) is 0 Å². The predicted molar refractivity (Wildman–Crippen MR) is 145 cm³/mol. The van der Waals surface area contributed by atoms with Crippen molar-refractivity contribution in [2.75, 3.05) is 6.61 Å². The van der Waals surface area contributed by atoms with Gasteiger partial charge >= 0.3 is 5.97 Å². The van der Waals surface area contributed by atoms with Gasteiger partial charge in [-0.3, -0.25) is 14.4 Å². The van der Waals surface area contributed by atoms with Crippen LogP contribution in [-0.2, 0) is 14.1 Å². The summed E-state index contributed by atoms with van der Waals surface area (Å²) >= 11 is 0. The molecule has 184 valence electrons. The van der Waals surface area contributed by atoms with E-state index in [1.807, 2.05) is 99.6 Å². The Kier molecular flexibility index (Phi) is 9.65. The minimum atomic E-state index is -3.08. The number of carbonyl (C=O) groups excluding carboxylic acids is 1. The number of nitrogens with one attached hydrogen (secondary N) is 1. The standard InChI is InChI=1S/C30H36NO3P/c1-30(2,3)29(32)34-24-16-5-4-15-23-28(25-17-9-6-10-18-25)31-35(33,26-19-11-7-12-20-26)27-21-13-8-14-22-27/h4,6-15,17-22,28H,5,16,23-24H2,1-3H3,(H,31,33)/b15-4+/t28-/m1/s1. The minimum Gasteiger partial charge on any atom is -0.465 e. The first-order chi connectivity index (χ1) is 16.8. The minimum absolute atomic E-state index is 0.127. The molecule has 3 aromatic rings. The summed E-state index contributed by atoms with van der Waals surface area (Å²) in [6.07, 6.45) is 6.51. The highest BCUT2D eigenvalue weighted by Gasteiger charge is 2.30. The molecule has 0 aliphatic rings. The van der Waals surface area contributed by atoms with Crippen LogP contribution in [0.2, 0.25) is 0 Å². The van der Waals surface area contributed by atoms with Gasteiger partial charge in [0, 0.05) is 16.7 Å². The Morgan fingerprint density at radius 1 is 0.857 bits per heavy atom. The monoisotopic (exact) mass is 489 g/mol. The number of allylic oxidation sites excluding steroid dienone is 1. The molecule has 0 aromatic heterocycles. The summed E-state index contributed by atoms with van der Waals surface area (Å²) in [7, 11) is -3.08. The molecule has 0 spiro atoms. The van der Waals surface area contributed by atoms with Crippen molar-refractivity contribution < 1.29 is 14.1 Å². The molecule has 1 atom stereocenters. The van der Waals surface area contributed by atoms with Crippen LogP contribution >= 0.6 is 7.29 Å². The van der Waals surface area contributed by atoms with Gasteiger partial charge in [-0.25, -0.2) is 0 Å². The Morgan fingerprint density at radius 3 is 1.89 bits per heavy atom. The molecule has 0 heterocycles. The Hall–Kier alpha value is -2.94. The number of hydrogen-bond donors (Lipinski definition) is 1. The van der Waals surface area contributed by atoms with E-state index >= 15 is 0 Å². The summed E-state index contributed by atoms with van der Waals surface area (Å²) in [4.78, 5) is 11.9. The quantitative estimate of drug-likeness (QED) is 0.143. The highest BCUT2D eigenvalue weighted by atomic mass is 31.2. The smallest absolute Gasteiger partial charge is 0.311 e. The first-order valence-electron chi connectivity index (χ1n) is 12.2. The molecular formula is C30H36NO3P. The molecule has 5 heteroatoms. The average Bonchev–Trinajstić information content (AvgIpc) is 2.88. The zero-order chi connectivity index (χ0) is 25.2. The molecule has 0 amide bonds. The van der Waals surface area contributed by atoms with Gasteiger partial charge in [-0.15, -0.1) is 0 Å². The lowest BCUT2D eigenvalue weighted by Gasteiger charge is -2.27. The Labute approximate surface area is 209 Å². The van der Waals surface area contributed by atoms with E-state index in [-0.39, 0.29) is 12.0 Å². The van der Waals surface area contributed by atoms with Gasteiger partial charge in [0.15, 0.2) is 0 Å². The van der Waals surface area contributed by atoms with Crippen LogP contribution in [0.15, 0.2) is 103 Å². The van der Waals surface area contributed by atoms with Crippen molar-refractivity contribution in [3.8, 4) is 0 Å². The highest BCUT2D eigenvalue weighted by Crippen LogP contribution is 2.42. The van der Waals surface area contributed by atoms with Crippen molar-refractivity contribution in [2.24, 2.45) is 5.41 Å². The fourth-order valence-electron chi connectivity index (χ4n) is 3.67. The second-order valence-corrected chi connectivity index (χ2v) is 12.1. The van der Waals surface area contributed by atoms with E-state index in [9.17, 15) is 9.36 Å². The van der Waals surface area contributed by atoms with Crippen LogP contribution in [0.5, 0.6) is 0 Å². The van der Waals surface area contributed by atoms with Gasteiger partial charge in [0.1, 0.15) is 0 Å². The molecule has 1 N–H and O–H groups in total. The largest absolute Gasteiger partial charge is 0.465 e. The van der Waals surface area contributed by atoms with Crippen LogP contribution in [0, 0.1) is 5.41 Å². The van der Waals surface area contributed by atoms with E-state index in [2.05, 4.69) is 29.4 Å². The van der Waals surface area contributed by atoms with E-state index in [4.69, 9.17) is 4.74 Å². The summed E-state index contributed by atoms with van der Waals surface area (Å²) in [5.41, 5.74) is 0.610. The summed E-state index contributed by atoms with van der Waals surface area (Å²) in [6, 6.07) is 29.3. The van der Waals surface area contributed by atoms with Crippen LogP contribution < -0.4 is 15.7 Å². The number of esters is 1. The number of benzene rings is 3. The summed E-state index contributed by atoms with van der Waals surface area (Å²) in [5, 5.41) is 5.13. The van der Waals surface area contributed by atoms with Crippen molar-refractivity contribution in [3.63, 3.8) is 0 Å². The van der Waals surface area contributed by atoms with Crippen LogP contribution in [0.3, 0.4) is 0 Å². The molecule has 3 aromatic carbocycles. The third kappa shape index (κ3) is 7.78. The molecule has 0 saturated carbocycles. The SMILES string of the molecule is CC(C)(C)C(=O)OCCC/C=C/C[C@@H](NP(=O)(c1ccccc1)c1ccccc1)c1ccccc1. The normalized spacial score (nSPS) is 13.0. The Bertz CT molecular complexity index is 1080. The summed E-state index contributed by atoms with van der Waals surface area (Å²) < 4.78 is 19.9. The highest BCUT2D eigenvalue weighted by molar-refractivity contribution is 7.76. The first kappa shape index (κ1) is 26.7. The van der Waals surface area contributed by atoms with Crippen molar-refractivity contribution in [2.45, 2.75) is 46.1 Å². The van der Waals surface area contributed by atoms with Crippen molar-refractivity contribution >= 4 is 23.9 Å². The second kappa shape index (κ2) is 12.7. The van der Waals surface area contributed by atoms with Gasteiger partial charge in [0.05, 0.1) is 12.0 Å². The van der Waals surface area contributed by atoms with Gasteiger partial charge in [-0.2, -0.15) is 0 Å². The van der Waals surface area contributed by atoms with Gasteiger partial charge in [0.25, 0.3) is 0 Å². The van der Waals surface area contributed by atoms with Gasteiger partial charge in [-0.05, 0) is 69.9 Å². The van der Waals surface area contributed by atoms with Gasteiger partial charge in [-0.1, -0.05) is 78.9 Å². The van der Waals surface area contributed by atoms with Gasteiger partial charge < -0.3 is 4.74 Å². The number of rotatable bonds is 11. The van der Waals surface area contributed by atoms with Crippen LogP contribution in [0.25, 0.3) is 0 Å². The lowest BCUT2D eigenvalue weighted by Crippen LogP contribution is -2.30. The molecule has 0 radical (unpaired) electrons. The third-order valence-electron chi connectivity index (χ3n) is 5.68. The van der Waals surface area contributed by atoms with E-state index in [1.54, 1.807) is 0 Å². The Balaban J connectivity index is 1.73. The predicted octanol–water partition coefficient (Wildman–Crippen LogP) is 6.56. The fraction of sp³-hybridized carbons (Fsp3) is 0.300. The topological polar surface area (TPSA) is 55.4 Å². The first-order valence-corrected chi connectivity index (χ1v) is 13.9. The lowest BCUT2D eigenvalue weighted by atomic mass is 9.97. The molecule has 0 unspecified atom stereocenters. The molecule has 0 aliphatic carbocycles. The molecule has 0 bridgehead atoms. The molecule has 3 rings (SSSR count). The van der Waals surface area contributed by atoms with E-state index in [0.29, 0.717) is 13.0 Å². The second-order valence-electron chi connectivity index (χ2n) is 9.61. The average molecular weight is 490 g/mol. The van der Waals surface area contributed by atoms with E-state index in [1.165, 1.54) is 0 Å². The lowest BCUT2D eigenvalue weighted by molar-refractivity contribution is -0.153. The maximum Gasteiger partial charge on any atom is 0.311 e. The number of hydrogen-bond acceptors (Lipinski definition) is 3. The van der Waals surface area contributed by atoms with Crippen LogP contribution in [0.1, 0.15) is 51.6 Å². The van der Waals surface area contributed by atoms with E-state index in [0.717, 1.165) is 29.0 Å². The Morgan fingerprint density at radius 2 is 1.37 bits per heavy atom. The van der Waals surface area contributed by atoms with E-state index < -0.39 is 12.7 Å². The third-order valence-corrected chi connectivity index (χ3v) is 8.40.